The molecule has 1 rings (SSSR count). The van der Waals surface area contributed by atoms with Crippen LogP contribution in [0, 0.1) is 6.92 Å². The molecule has 21 heavy (non-hydrogen) atoms. The van der Waals surface area contributed by atoms with E-state index in [1.807, 2.05) is 19.1 Å². The van der Waals surface area contributed by atoms with Crippen LogP contribution in [0.2, 0.25) is 0 Å². The maximum absolute atomic E-state index is 12.5. The number of hydrogen-bond acceptors (Lipinski definition) is 4. The third-order valence-corrected chi connectivity index (χ3v) is 2.93. The van der Waals surface area contributed by atoms with Crippen LogP contribution in [0.15, 0.2) is 24.3 Å². The van der Waals surface area contributed by atoms with Gasteiger partial charge in [0.05, 0.1) is 19.1 Å². The first-order chi connectivity index (χ1) is 9.93. The minimum atomic E-state index is -0.652. The minimum Gasteiger partial charge on any atom is -0.466 e. The van der Waals surface area contributed by atoms with E-state index in [9.17, 15) is 14.7 Å². The third-order valence-electron chi connectivity index (χ3n) is 2.93. The summed E-state index contributed by atoms with van der Waals surface area (Å²) in [4.78, 5) is 25.4. The van der Waals surface area contributed by atoms with E-state index in [2.05, 4.69) is 0 Å². The van der Waals surface area contributed by atoms with Gasteiger partial charge in [0.2, 0.25) is 0 Å². The molecule has 1 unspecified atom stereocenters. The number of hydrogen-bond donors (Lipinski definition) is 1. The molecule has 116 valence electrons. The van der Waals surface area contributed by atoms with Crippen LogP contribution in [0.3, 0.4) is 0 Å². The highest BCUT2D eigenvalue weighted by Crippen LogP contribution is 2.09. The van der Waals surface area contributed by atoms with Crippen molar-refractivity contribution in [2.75, 3.05) is 19.7 Å². The Kier molecular flexibility index (Phi) is 6.88. The number of rotatable bonds is 7. The molecule has 0 radical (unpaired) electrons. The van der Waals surface area contributed by atoms with Crippen molar-refractivity contribution < 1.29 is 19.4 Å². The van der Waals surface area contributed by atoms with Crippen LogP contribution in [0.1, 0.15) is 36.2 Å². The highest BCUT2D eigenvalue weighted by molar-refractivity contribution is 5.94. The number of carbonyl (C=O) groups excluding carboxylic acids is 2. The predicted molar refractivity (Wildman–Crippen MR) is 80.0 cm³/mol. The van der Waals surface area contributed by atoms with Gasteiger partial charge in [-0.1, -0.05) is 17.7 Å². The van der Waals surface area contributed by atoms with Crippen molar-refractivity contribution in [1.82, 2.24) is 4.90 Å². The van der Waals surface area contributed by atoms with E-state index < -0.39 is 6.10 Å². The Morgan fingerprint density at radius 3 is 2.67 bits per heavy atom. The fourth-order valence-electron chi connectivity index (χ4n) is 2.01. The molecular weight excluding hydrogens is 270 g/mol. The summed E-state index contributed by atoms with van der Waals surface area (Å²) in [5.41, 5.74) is 1.54. The largest absolute Gasteiger partial charge is 0.466 e. The first-order valence-corrected chi connectivity index (χ1v) is 7.13. The van der Waals surface area contributed by atoms with Crippen molar-refractivity contribution in [1.29, 1.82) is 0 Å². The second kappa shape index (κ2) is 8.42. The number of aliphatic hydroxyl groups is 1. The van der Waals surface area contributed by atoms with Crippen LogP contribution in [-0.4, -0.2) is 47.7 Å². The molecule has 1 aromatic rings. The average Bonchev–Trinajstić information content (AvgIpc) is 2.42. The van der Waals surface area contributed by atoms with Crippen LogP contribution < -0.4 is 0 Å². The highest BCUT2D eigenvalue weighted by atomic mass is 16.5. The SMILES string of the molecule is CCOC(=O)CCN(CC(C)O)C(=O)c1cccc(C)c1. The fourth-order valence-corrected chi connectivity index (χ4v) is 2.01. The van der Waals surface area contributed by atoms with Crippen molar-refractivity contribution >= 4 is 11.9 Å². The van der Waals surface area contributed by atoms with Gasteiger partial charge < -0.3 is 14.7 Å². The lowest BCUT2D eigenvalue weighted by atomic mass is 10.1. The molecular formula is C16H23NO4. The van der Waals surface area contributed by atoms with Crippen LogP contribution in [-0.2, 0) is 9.53 Å². The van der Waals surface area contributed by atoms with E-state index in [1.165, 1.54) is 4.90 Å². The quantitative estimate of drug-likeness (QED) is 0.778. The van der Waals surface area contributed by atoms with Gasteiger partial charge in [0.15, 0.2) is 0 Å². The van der Waals surface area contributed by atoms with Crippen molar-refractivity contribution in [3.8, 4) is 0 Å². The molecule has 0 aliphatic rings. The number of esters is 1. The van der Waals surface area contributed by atoms with E-state index in [1.54, 1.807) is 26.0 Å². The van der Waals surface area contributed by atoms with E-state index in [0.717, 1.165) is 5.56 Å². The zero-order valence-electron chi connectivity index (χ0n) is 12.8. The predicted octanol–water partition coefficient (Wildman–Crippen LogP) is 1.77. The molecule has 0 fully saturated rings. The van der Waals surface area contributed by atoms with Gasteiger partial charge in [-0.2, -0.15) is 0 Å². The molecule has 0 aliphatic carbocycles. The summed E-state index contributed by atoms with van der Waals surface area (Å²) in [6.45, 7) is 6.00. The minimum absolute atomic E-state index is 0.123. The standard InChI is InChI=1S/C16H23NO4/c1-4-21-15(19)8-9-17(11-13(3)18)16(20)14-7-5-6-12(2)10-14/h5-7,10,13,18H,4,8-9,11H2,1-3H3. The Labute approximate surface area is 125 Å². The summed E-state index contributed by atoms with van der Waals surface area (Å²) >= 11 is 0. The fraction of sp³-hybridized carbons (Fsp3) is 0.500. The maximum atomic E-state index is 12.5. The summed E-state index contributed by atoms with van der Waals surface area (Å²) in [7, 11) is 0. The Hall–Kier alpha value is -1.88. The van der Waals surface area contributed by atoms with Crippen molar-refractivity contribution in [2.24, 2.45) is 0 Å². The topological polar surface area (TPSA) is 66.8 Å². The number of carbonyl (C=O) groups is 2. The molecule has 0 spiro atoms. The molecule has 0 aromatic heterocycles. The van der Waals surface area contributed by atoms with Gasteiger partial charge in [-0.25, -0.2) is 0 Å². The smallest absolute Gasteiger partial charge is 0.307 e. The zero-order valence-corrected chi connectivity index (χ0v) is 12.8. The molecule has 1 atom stereocenters. The lowest BCUT2D eigenvalue weighted by Gasteiger charge is -2.24. The monoisotopic (exact) mass is 293 g/mol. The second-order valence-electron chi connectivity index (χ2n) is 5.02. The molecule has 0 saturated carbocycles. The highest BCUT2D eigenvalue weighted by Gasteiger charge is 2.18. The molecule has 1 aromatic carbocycles. The molecule has 0 saturated heterocycles. The summed E-state index contributed by atoms with van der Waals surface area (Å²) < 4.78 is 4.86. The average molecular weight is 293 g/mol. The normalized spacial score (nSPS) is 11.8. The lowest BCUT2D eigenvalue weighted by molar-refractivity contribution is -0.143. The van der Waals surface area contributed by atoms with Gasteiger partial charge in [-0.3, -0.25) is 9.59 Å². The first kappa shape index (κ1) is 17.2. The number of benzene rings is 1. The van der Waals surface area contributed by atoms with Crippen molar-refractivity contribution in [3.63, 3.8) is 0 Å². The van der Waals surface area contributed by atoms with Crippen LogP contribution >= 0.6 is 0 Å². The van der Waals surface area contributed by atoms with Gasteiger partial charge >= 0.3 is 5.97 Å². The Bertz CT molecular complexity index is 485. The summed E-state index contributed by atoms with van der Waals surface area (Å²) in [6.07, 6.45) is -0.529. The maximum Gasteiger partial charge on any atom is 0.307 e. The molecule has 0 heterocycles. The lowest BCUT2D eigenvalue weighted by Crippen LogP contribution is -2.38. The summed E-state index contributed by atoms with van der Waals surface area (Å²) in [6, 6.07) is 7.25. The number of ether oxygens (including phenoxy) is 1. The van der Waals surface area contributed by atoms with Crippen LogP contribution in [0.25, 0.3) is 0 Å². The molecule has 1 N–H and O–H groups in total. The van der Waals surface area contributed by atoms with Gasteiger partial charge in [-0.05, 0) is 32.9 Å². The number of nitrogens with zero attached hydrogens (tertiary/aromatic N) is 1. The van der Waals surface area contributed by atoms with Gasteiger partial charge in [-0.15, -0.1) is 0 Å². The van der Waals surface area contributed by atoms with Gasteiger partial charge in [0.25, 0.3) is 5.91 Å². The van der Waals surface area contributed by atoms with Gasteiger partial charge in [0.1, 0.15) is 0 Å². The van der Waals surface area contributed by atoms with E-state index in [0.29, 0.717) is 12.2 Å². The number of amides is 1. The van der Waals surface area contributed by atoms with Gasteiger partial charge in [0, 0.05) is 18.7 Å². The van der Waals surface area contributed by atoms with Crippen LogP contribution in [0.4, 0.5) is 0 Å². The Morgan fingerprint density at radius 2 is 2.10 bits per heavy atom. The number of aryl methyl sites for hydroxylation is 1. The van der Waals surface area contributed by atoms with E-state index >= 15 is 0 Å². The van der Waals surface area contributed by atoms with Crippen molar-refractivity contribution in [3.05, 3.63) is 35.4 Å². The Morgan fingerprint density at radius 1 is 1.38 bits per heavy atom. The van der Waals surface area contributed by atoms with E-state index in [-0.39, 0.29) is 31.4 Å². The third kappa shape index (κ3) is 5.95. The summed E-state index contributed by atoms with van der Waals surface area (Å²) in [5.74, 6) is -0.533. The van der Waals surface area contributed by atoms with E-state index in [4.69, 9.17) is 4.74 Å². The summed E-state index contributed by atoms with van der Waals surface area (Å²) in [5, 5.41) is 9.53. The molecule has 5 heteroatoms. The first-order valence-electron chi connectivity index (χ1n) is 7.13. The van der Waals surface area contributed by atoms with Crippen molar-refractivity contribution in [2.45, 2.75) is 33.3 Å². The second-order valence-corrected chi connectivity index (χ2v) is 5.02. The molecule has 1 amide bonds. The molecule has 0 aliphatic heterocycles. The Balaban J connectivity index is 2.76. The number of aliphatic hydroxyl groups excluding tert-OH is 1. The van der Waals surface area contributed by atoms with Crippen LogP contribution in [0.5, 0.6) is 0 Å². The molecule has 5 nitrogen and oxygen atoms in total. The zero-order chi connectivity index (χ0) is 15.8. The molecule has 0 bridgehead atoms.